The maximum absolute atomic E-state index is 12.7. The second-order valence-corrected chi connectivity index (χ2v) is 10.6. The van der Waals surface area contributed by atoms with Crippen LogP contribution in [0.4, 0.5) is 11.4 Å². The fourth-order valence-electron chi connectivity index (χ4n) is 3.90. The van der Waals surface area contributed by atoms with E-state index >= 15 is 0 Å². The van der Waals surface area contributed by atoms with Crippen LogP contribution in [-0.2, 0) is 33.7 Å². The van der Waals surface area contributed by atoms with Crippen molar-refractivity contribution >= 4 is 33.3 Å². The highest BCUT2D eigenvalue weighted by Gasteiger charge is 2.31. The van der Waals surface area contributed by atoms with E-state index in [1.807, 2.05) is 6.92 Å². The van der Waals surface area contributed by atoms with Gasteiger partial charge >= 0.3 is 0 Å². The number of anilines is 2. The molecule has 0 amide bonds. The highest BCUT2D eigenvalue weighted by atomic mass is 32.2. The molecule has 0 aromatic heterocycles. The summed E-state index contributed by atoms with van der Waals surface area (Å²) in [6.45, 7) is 8.34. The summed E-state index contributed by atoms with van der Waals surface area (Å²) in [5.74, 6) is 0.00693. The number of fused-ring (bicyclic) bond motifs is 2. The molecule has 0 saturated carbocycles. The number of hydrogen-bond acceptors (Lipinski definition) is 5. The van der Waals surface area contributed by atoms with E-state index in [9.17, 15) is 8.42 Å². The summed E-state index contributed by atoms with van der Waals surface area (Å²) < 4.78 is 31.2. The van der Waals surface area contributed by atoms with E-state index in [4.69, 9.17) is 4.28 Å². The normalized spacial score (nSPS) is 13.3. The monoisotopic (exact) mass is 447 g/mol. The lowest BCUT2D eigenvalue weighted by Gasteiger charge is -2.33. The highest BCUT2D eigenvalue weighted by Crippen LogP contribution is 2.51. The molecule has 0 spiro atoms. The molecule has 6 heteroatoms. The summed E-state index contributed by atoms with van der Waals surface area (Å²) in [5, 5.41) is 1.60. The summed E-state index contributed by atoms with van der Waals surface area (Å²) >= 11 is 1.72. The third-order valence-electron chi connectivity index (χ3n) is 5.12. The van der Waals surface area contributed by atoms with Gasteiger partial charge in [0.25, 0.3) is 10.1 Å². The molecule has 0 saturated heterocycles. The van der Waals surface area contributed by atoms with Crippen molar-refractivity contribution in [1.29, 1.82) is 0 Å². The van der Waals surface area contributed by atoms with Crippen LogP contribution >= 0.6 is 11.8 Å². The molecule has 164 valence electrons. The molecule has 1 aliphatic heterocycles. The van der Waals surface area contributed by atoms with E-state index in [1.165, 1.54) is 11.1 Å². The first-order valence-corrected chi connectivity index (χ1v) is 13.5. The average Bonchev–Trinajstić information content (AvgIpc) is 2.68. The van der Waals surface area contributed by atoms with Crippen LogP contribution in [-0.4, -0.2) is 14.2 Å². The van der Waals surface area contributed by atoms with Gasteiger partial charge in [0.2, 0.25) is 0 Å². The van der Waals surface area contributed by atoms with Gasteiger partial charge < -0.3 is 0 Å². The number of rotatable bonds is 10. The molecule has 2 aromatic carbocycles. The molecule has 2 aromatic rings. The molecule has 30 heavy (non-hydrogen) atoms. The van der Waals surface area contributed by atoms with Gasteiger partial charge in [0, 0.05) is 9.79 Å². The SMILES string of the molecule is CCCc1cc(CCC)c2c(c1)Sc1ccc(CCC)cc1N2OS(=O)(=O)CCC. The fourth-order valence-corrected chi connectivity index (χ4v) is 6.00. The topological polar surface area (TPSA) is 46.6 Å². The second kappa shape index (κ2) is 10.2. The van der Waals surface area contributed by atoms with E-state index in [0.717, 1.165) is 65.3 Å². The summed E-state index contributed by atoms with van der Waals surface area (Å²) in [4.78, 5) is 2.11. The van der Waals surface area contributed by atoms with E-state index in [2.05, 4.69) is 51.1 Å². The van der Waals surface area contributed by atoms with Crippen molar-refractivity contribution in [3.05, 3.63) is 47.0 Å². The van der Waals surface area contributed by atoms with Crippen LogP contribution in [0.1, 0.15) is 70.1 Å². The zero-order valence-corrected chi connectivity index (χ0v) is 20.2. The average molecular weight is 448 g/mol. The van der Waals surface area contributed by atoms with Crippen LogP contribution in [0.15, 0.2) is 40.1 Å². The smallest absolute Gasteiger partial charge is 0.202 e. The van der Waals surface area contributed by atoms with Crippen LogP contribution in [0, 0.1) is 0 Å². The van der Waals surface area contributed by atoms with Gasteiger partial charge in [0.1, 0.15) is 0 Å². The van der Waals surface area contributed by atoms with Crippen molar-refractivity contribution in [2.24, 2.45) is 0 Å². The molecule has 0 radical (unpaired) electrons. The van der Waals surface area contributed by atoms with Gasteiger partial charge in [-0.1, -0.05) is 70.9 Å². The first-order valence-electron chi connectivity index (χ1n) is 11.1. The maximum Gasteiger partial charge on any atom is 0.288 e. The third-order valence-corrected chi connectivity index (χ3v) is 7.50. The zero-order chi connectivity index (χ0) is 21.7. The number of nitrogens with zero attached hydrogens (tertiary/aromatic N) is 1. The minimum absolute atomic E-state index is 0.00693. The lowest BCUT2D eigenvalue weighted by atomic mass is 10.0. The number of aryl methyl sites for hydroxylation is 3. The maximum atomic E-state index is 12.7. The van der Waals surface area contributed by atoms with Crippen molar-refractivity contribution < 1.29 is 12.7 Å². The van der Waals surface area contributed by atoms with Gasteiger partial charge in [-0.25, -0.2) is 5.06 Å². The van der Waals surface area contributed by atoms with Gasteiger partial charge in [-0.05, 0) is 60.6 Å². The summed E-state index contributed by atoms with van der Waals surface area (Å²) in [6.07, 6.45) is 6.50. The molecule has 0 atom stereocenters. The number of benzene rings is 2. The van der Waals surface area contributed by atoms with Crippen LogP contribution in [0.2, 0.25) is 0 Å². The molecule has 0 N–H and O–H groups in total. The molecule has 0 fully saturated rings. The van der Waals surface area contributed by atoms with E-state index < -0.39 is 10.1 Å². The van der Waals surface area contributed by atoms with Crippen LogP contribution in [0.5, 0.6) is 0 Å². The molecule has 4 nitrogen and oxygen atoms in total. The molecular weight excluding hydrogens is 414 g/mol. The van der Waals surface area contributed by atoms with E-state index in [0.29, 0.717) is 6.42 Å². The Morgan fingerprint density at radius 1 is 0.833 bits per heavy atom. The lowest BCUT2D eigenvalue weighted by Crippen LogP contribution is -2.28. The van der Waals surface area contributed by atoms with Gasteiger partial charge in [-0.2, -0.15) is 8.42 Å². The summed E-state index contributed by atoms with van der Waals surface area (Å²) in [7, 11) is -3.68. The Kier molecular flexibility index (Phi) is 7.88. The van der Waals surface area contributed by atoms with Crippen molar-refractivity contribution in [2.45, 2.75) is 82.4 Å². The first-order chi connectivity index (χ1) is 14.4. The molecule has 0 aliphatic carbocycles. The zero-order valence-electron chi connectivity index (χ0n) is 18.5. The first kappa shape index (κ1) is 23.2. The van der Waals surface area contributed by atoms with Crippen molar-refractivity contribution in [1.82, 2.24) is 0 Å². The molecule has 0 bridgehead atoms. The largest absolute Gasteiger partial charge is 0.288 e. The third kappa shape index (κ3) is 5.21. The highest BCUT2D eigenvalue weighted by molar-refractivity contribution is 7.99. The van der Waals surface area contributed by atoms with Gasteiger partial charge in [0.05, 0.1) is 17.1 Å². The second-order valence-electron chi connectivity index (χ2n) is 7.89. The van der Waals surface area contributed by atoms with E-state index in [-0.39, 0.29) is 5.75 Å². The van der Waals surface area contributed by atoms with Crippen LogP contribution in [0.3, 0.4) is 0 Å². The van der Waals surface area contributed by atoms with Crippen LogP contribution < -0.4 is 5.06 Å². The molecular formula is C24H33NO3S2. The van der Waals surface area contributed by atoms with Gasteiger partial charge in [-0.15, -0.1) is 4.28 Å². The summed E-state index contributed by atoms with van der Waals surface area (Å²) in [6, 6.07) is 10.8. The Hall–Kier alpha value is -1.50. The predicted octanol–water partition coefficient (Wildman–Crippen LogP) is 6.82. The molecule has 3 rings (SSSR count). The number of hydrogen-bond donors (Lipinski definition) is 0. The predicted molar refractivity (Wildman–Crippen MR) is 126 cm³/mol. The Morgan fingerprint density at radius 2 is 1.53 bits per heavy atom. The van der Waals surface area contributed by atoms with Crippen LogP contribution in [0.25, 0.3) is 0 Å². The Morgan fingerprint density at radius 3 is 2.20 bits per heavy atom. The summed E-state index contributed by atoms with van der Waals surface area (Å²) in [5.41, 5.74) is 5.38. The molecule has 1 heterocycles. The molecule has 1 aliphatic rings. The minimum Gasteiger partial charge on any atom is -0.202 e. The van der Waals surface area contributed by atoms with Gasteiger partial charge in [-0.3, -0.25) is 0 Å². The van der Waals surface area contributed by atoms with E-state index in [1.54, 1.807) is 16.8 Å². The van der Waals surface area contributed by atoms with Crippen molar-refractivity contribution in [2.75, 3.05) is 10.8 Å². The lowest BCUT2D eigenvalue weighted by molar-refractivity contribution is 0.318. The molecule has 0 unspecified atom stereocenters. The Labute approximate surface area is 186 Å². The Balaban J connectivity index is 2.18. The minimum atomic E-state index is -3.68. The van der Waals surface area contributed by atoms with Crippen molar-refractivity contribution in [3.8, 4) is 0 Å². The van der Waals surface area contributed by atoms with Gasteiger partial charge in [0.15, 0.2) is 0 Å². The quantitative estimate of drug-likeness (QED) is 0.400. The fraction of sp³-hybridized carbons (Fsp3) is 0.500. The Bertz CT molecular complexity index is 986. The van der Waals surface area contributed by atoms with Crippen molar-refractivity contribution in [3.63, 3.8) is 0 Å². The standard InChI is InChI=1S/C24H33NO3S2/c1-5-9-18-12-13-22-21(16-18)25(28-30(26,27)14-8-4)24-20(11-7-3)15-19(10-6-2)17-23(24)29-22/h12-13,15-17H,5-11,14H2,1-4H3.